The van der Waals surface area contributed by atoms with Crippen molar-refractivity contribution in [3.63, 3.8) is 0 Å². The highest BCUT2D eigenvalue weighted by atomic mass is 32.2. The molecule has 1 aromatic heterocycles. The Hall–Kier alpha value is -3.13. The number of rotatable bonds is 4. The van der Waals surface area contributed by atoms with E-state index in [1.54, 1.807) is 48.5 Å². The Kier molecular flexibility index (Phi) is 4.87. The van der Waals surface area contributed by atoms with E-state index in [1.165, 1.54) is 17.9 Å². The topological polar surface area (TPSA) is 98.0 Å². The van der Waals surface area contributed by atoms with Crippen LogP contribution in [0.2, 0.25) is 0 Å². The van der Waals surface area contributed by atoms with E-state index in [0.29, 0.717) is 34.2 Å². The Morgan fingerprint density at radius 1 is 1.17 bits per heavy atom. The SMILES string of the molecule is COc1cccc(-n2c(O)c(C=N[C@H]3CCS(=O)(=O)C3)c3ccccc3c2=O)c1. The number of hydrogen-bond acceptors (Lipinski definition) is 6. The lowest BCUT2D eigenvalue weighted by molar-refractivity contribution is 0.413. The first-order valence-electron chi connectivity index (χ1n) is 9.14. The van der Waals surface area contributed by atoms with Crippen LogP contribution in [-0.2, 0) is 9.84 Å². The molecule has 2 aromatic carbocycles. The molecule has 1 atom stereocenters. The summed E-state index contributed by atoms with van der Waals surface area (Å²) in [5.74, 6) is 0.405. The fraction of sp³-hybridized carbons (Fsp3) is 0.238. The molecule has 2 heterocycles. The van der Waals surface area contributed by atoms with Crippen molar-refractivity contribution < 1.29 is 18.3 Å². The Morgan fingerprint density at radius 2 is 1.93 bits per heavy atom. The summed E-state index contributed by atoms with van der Waals surface area (Å²) < 4.78 is 29.8. The first kappa shape index (κ1) is 19.2. The average molecular weight is 412 g/mol. The van der Waals surface area contributed by atoms with Crippen LogP contribution >= 0.6 is 0 Å². The third-order valence-corrected chi connectivity index (χ3v) is 6.79. The number of sulfone groups is 1. The molecule has 0 amide bonds. The maximum absolute atomic E-state index is 13.1. The van der Waals surface area contributed by atoms with Gasteiger partial charge in [0, 0.05) is 23.1 Å². The Balaban J connectivity index is 1.91. The predicted octanol–water partition coefficient (Wildman–Crippen LogP) is 2.31. The second kappa shape index (κ2) is 7.36. The van der Waals surface area contributed by atoms with E-state index in [0.717, 1.165) is 0 Å². The van der Waals surface area contributed by atoms with Gasteiger partial charge in [0.2, 0.25) is 5.88 Å². The molecule has 0 unspecified atom stereocenters. The molecule has 0 saturated carbocycles. The summed E-state index contributed by atoms with van der Waals surface area (Å²) in [6.07, 6.45) is 1.92. The summed E-state index contributed by atoms with van der Waals surface area (Å²) in [6.45, 7) is 0. The molecule has 1 fully saturated rings. The maximum Gasteiger partial charge on any atom is 0.265 e. The van der Waals surface area contributed by atoms with Crippen molar-refractivity contribution in [2.75, 3.05) is 18.6 Å². The molecule has 1 aliphatic heterocycles. The Labute approximate surface area is 167 Å². The van der Waals surface area contributed by atoms with Crippen molar-refractivity contribution in [1.29, 1.82) is 0 Å². The largest absolute Gasteiger partial charge is 0.497 e. The zero-order valence-corrected chi connectivity index (χ0v) is 16.6. The molecule has 1 aliphatic rings. The average Bonchev–Trinajstić information content (AvgIpc) is 3.07. The lowest BCUT2D eigenvalue weighted by atomic mass is 10.1. The molecule has 8 heteroatoms. The summed E-state index contributed by atoms with van der Waals surface area (Å²) in [5.41, 5.74) is 0.454. The third-order valence-electron chi connectivity index (χ3n) is 5.04. The van der Waals surface area contributed by atoms with Crippen molar-refractivity contribution >= 4 is 26.8 Å². The Bertz CT molecular complexity index is 1280. The molecule has 29 heavy (non-hydrogen) atoms. The van der Waals surface area contributed by atoms with Gasteiger partial charge in [-0.3, -0.25) is 9.79 Å². The molecule has 4 rings (SSSR count). The van der Waals surface area contributed by atoms with E-state index in [9.17, 15) is 18.3 Å². The lowest BCUT2D eigenvalue weighted by Crippen LogP contribution is -2.20. The van der Waals surface area contributed by atoms with E-state index >= 15 is 0 Å². The number of pyridine rings is 1. The summed E-state index contributed by atoms with van der Waals surface area (Å²) in [6, 6.07) is 13.4. The molecule has 7 nitrogen and oxygen atoms in total. The number of methoxy groups -OCH3 is 1. The minimum absolute atomic E-state index is 0.00226. The normalized spacial score (nSPS) is 18.4. The molecule has 3 aromatic rings. The van der Waals surface area contributed by atoms with Crippen molar-refractivity contribution in [1.82, 2.24) is 4.57 Å². The van der Waals surface area contributed by atoms with Crippen LogP contribution in [0.3, 0.4) is 0 Å². The number of benzene rings is 2. The Morgan fingerprint density at radius 3 is 2.62 bits per heavy atom. The van der Waals surface area contributed by atoms with Gasteiger partial charge in [-0.2, -0.15) is 0 Å². The minimum Gasteiger partial charge on any atom is -0.497 e. The fourth-order valence-corrected chi connectivity index (χ4v) is 5.19. The van der Waals surface area contributed by atoms with E-state index in [1.807, 2.05) is 0 Å². The number of fused-ring (bicyclic) bond motifs is 1. The van der Waals surface area contributed by atoms with Crippen molar-refractivity contribution in [3.05, 3.63) is 64.4 Å². The summed E-state index contributed by atoms with van der Waals surface area (Å²) in [4.78, 5) is 17.5. The van der Waals surface area contributed by atoms with Gasteiger partial charge < -0.3 is 9.84 Å². The molecule has 0 spiro atoms. The van der Waals surface area contributed by atoms with Crippen LogP contribution in [0.5, 0.6) is 11.6 Å². The van der Waals surface area contributed by atoms with Gasteiger partial charge in [0.25, 0.3) is 5.56 Å². The van der Waals surface area contributed by atoms with Crippen molar-refractivity contribution in [2.24, 2.45) is 4.99 Å². The first-order valence-corrected chi connectivity index (χ1v) is 11.0. The number of aromatic nitrogens is 1. The third kappa shape index (κ3) is 3.63. The predicted molar refractivity (Wildman–Crippen MR) is 112 cm³/mol. The number of nitrogens with zero attached hydrogens (tertiary/aromatic N) is 2. The molecule has 0 aliphatic carbocycles. The van der Waals surface area contributed by atoms with Gasteiger partial charge in [0.05, 0.1) is 35.9 Å². The fourth-order valence-electron chi connectivity index (χ4n) is 3.55. The summed E-state index contributed by atoms with van der Waals surface area (Å²) in [7, 11) is -1.54. The zero-order valence-electron chi connectivity index (χ0n) is 15.8. The van der Waals surface area contributed by atoms with Gasteiger partial charge in [-0.1, -0.05) is 24.3 Å². The van der Waals surface area contributed by atoms with E-state index in [4.69, 9.17) is 4.74 Å². The number of hydrogen-bond donors (Lipinski definition) is 1. The molecule has 0 bridgehead atoms. The first-order chi connectivity index (χ1) is 13.9. The van der Waals surface area contributed by atoms with E-state index in [2.05, 4.69) is 4.99 Å². The smallest absolute Gasteiger partial charge is 0.265 e. The minimum atomic E-state index is -3.06. The molecule has 1 saturated heterocycles. The molecular weight excluding hydrogens is 392 g/mol. The van der Waals surface area contributed by atoms with Crippen LogP contribution < -0.4 is 10.3 Å². The van der Waals surface area contributed by atoms with Gasteiger partial charge >= 0.3 is 0 Å². The van der Waals surface area contributed by atoms with Crippen LogP contribution in [0.4, 0.5) is 0 Å². The number of ether oxygens (including phenoxy) is 1. The van der Waals surface area contributed by atoms with Gasteiger partial charge in [-0.15, -0.1) is 0 Å². The number of aromatic hydroxyl groups is 1. The van der Waals surface area contributed by atoms with Crippen molar-refractivity contribution in [2.45, 2.75) is 12.5 Å². The van der Waals surface area contributed by atoms with Gasteiger partial charge in [-0.05, 0) is 24.6 Å². The van der Waals surface area contributed by atoms with Crippen LogP contribution in [-0.4, -0.2) is 49.0 Å². The quantitative estimate of drug-likeness (QED) is 0.663. The molecule has 0 radical (unpaired) electrons. The second-order valence-corrected chi connectivity index (χ2v) is 9.19. The van der Waals surface area contributed by atoms with Crippen LogP contribution in [0.1, 0.15) is 12.0 Å². The molecular formula is C21H20N2O5S. The highest BCUT2D eigenvalue weighted by Gasteiger charge is 2.27. The zero-order chi connectivity index (χ0) is 20.6. The molecule has 150 valence electrons. The van der Waals surface area contributed by atoms with Gasteiger partial charge in [-0.25, -0.2) is 13.0 Å². The second-order valence-electron chi connectivity index (χ2n) is 6.96. The van der Waals surface area contributed by atoms with Crippen LogP contribution in [0.25, 0.3) is 16.5 Å². The summed E-state index contributed by atoms with van der Waals surface area (Å²) in [5, 5.41) is 12.0. The van der Waals surface area contributed by atoms with Gasteiger partial charge in [0.1, 0.15) is 5.75 Å². The van der Waals surface area contributed by atoms with Crippen molar-refractivity contribution in [3.8, 4) is 17.3 Å². The van der Waals surface area contributed by atoms with Crippen LogP contribution in [0.15, 0.2) is 58.3 Å². The van der Waals surface area contributed by atoms with Crippen LogP contribution in [0, 0.1) is 0 Å². The maximum atomic E-state index is 13.1. The highest BCUT2D eigenvalue weighted by molar-refractivity contribution is 7.91. The van der Waals surface area contributed by atoms with E-state index < -0.39 is 9.84 Å². The van der Waals surface area contributed by atoms with Gasteiger partial charge in [0.15, 0.2) is 9.84 Å². The monoisotopic (exact) mass is 412 g/mol. The number of aliphatic imine (C=N–C) groups is 1. The van der Waals surface area contributed by atoms with E-state index in [-0.39, 0.29) is 29.0 Å². The standard InChI is InChI=1S/C21H20N2O5S/c1-28-16-6-4-5-15(11-16)23-20(24)18-8-3-2-7-17(18)19(21(23)25)12-22-14-9-10-29(26,27)13-14/h2-8,11-12,14,25H,9-10,13H2,1H3/t14-/m0/s1. The summed E-state index contributed by atoms with van der Waals surface area (Å²) >= 11 is 0. The lowest BCUT2D eigenvalue weighted by Gasteiger charge is -2.14. The molecule has 1 N–H and O–H groups in total. The highest BCUT2D eigenvalue weighted by Crippen LogP contribution is 2.27.